The van der Waals surface area contributed by atoms with Crippen molar-refractivity contribution in [3.05, 3.63) is 5.82 Å². The Hall–Kier alpha value is -0.170. The zero-order chi connectivity index (χ0) is 9.14. The zero-order valence-electron chi connectivity index (χ0n) is 6.52. The van der Waals surface area contributed by atoms with Crippen LogP contribution in [-0.4, -0.2) is 50.0 Å². The van der Waals surface area contributed by atoms with E-state index in [4.69, 9.17) is 10.8 Å². The zero-order valence-corrected chi connectivity index (χ0v) is 7.34. The second-order valence-electron chi connectivity index (χ2n) is 2.49. The van der Waals surface area contributed by atoms with Crippen LogP contribution in [0.15, 0.2) is 0 Å². The molecule has 68 valence electrons. The maximum absolute atomic E-state index is 10.4. The van der Waals surface area contributed by atoms with Gasteiger partial charge in [0.1, 0.15) is 5.82 Å². The summed E-state index contributed by atoms with van der Waals surface area (Å²) in [6.07, 6.45) is 0.336. The molecular formula is C6H10N3NaO2S. The summed E-state index contributed by atoms with van der Waals surface area (Å²) in [4.78, 5) is 14.3. The fourth-order valence-corrected chi connectivity index (χ4v) is 1.17. The Morgan fingerprint density at radius 2 is 2.38 bits per heavy atom. The van der Waals surface area contributed by atoms with Crippen LogP contribution in [0.4, 0.5) is 5.13 Å². The van der Waals surface area contributed by atoms with Crippen molar-refractivity contribution in [2.75, 3.05) is 5.73 Å². The number of carboxylic acids is 1. The first-order valence-electron chi connectivity index (χ1n) is 3.40. The van der Waals surface area contributed by atoms with Crippen molar-refractivity contribution in [2.24, 2.45) is 5.92 Å². The summed E-state index contributed by atoms with van der Waals surface area (Å²) in [6.45, 7) is 1.61. The number of aliphatic carboxylic acids is 1. The SMILES string of the molecule is CC(Cc1nsc(N)n1)C(=O)O.[NaH]. The van der Waals surface area contributed by atoms with E-state index in [1.54, 1.807) is 6.92 Å². The van der Waals surface area contributed by atoms with Gasteiger partial charge in [0.05, 0.1) is 5.92 Å². The van der Waals surface area contributed by atoms with E-state index in [0.717, 1.165) is 11.5 Å². The number of carbonyl (C=O) groups is 1. The molecule has 0 saturated heterocycles. The molecule has 7 heteroatoms. The van der Waals surface area contributed by atoms with Crippen molar-refractivity contribution < 1.29 is 9.90 Å². The van der Waals surface area contributed by atoms with Gasteiger partial charge in [0.15, 0.2) is 5.13 Å². The number of hydrogen-bond donors (Lipinski definition) is 2. The predicted molar refractivity (Wildman–Crippen MR) is 52.0 cm³/mol. The molecular weight excluding hydrogens is 201 g/mol. The van der Waals surface area contributed by atoms with Crippen LogP contribution >= 0.6 is 11.5 Å². The molecule has 0 bridgehead atoms. The molecule has 1 aromatic heterocycles. The minimum absolute atomic E-state index is 0. The second kappa shape index (κ2) is 5.54. The standard InChI is InChI=1S/C6H9N3O2S.Na.H/c1-3(5(10)11)2-4-8-6(7)12-9-4;;/h3H,2H2,1H3,(H,10,11)(H2,7,8,9);;. The Bertz CT molecular complexity index is 291. The minimum atomic E-state index is -0.844. The van der Waals surface area contributed by atoms with Gasteiger partial charge < -0.3 is 10.8 Å². The Labute approximate surface area is 102 Å². The monoisotopic (exact) mass is 211 g/mol. The van der Waals surface area contributed by atoms with E-state index in [-0.39, 0.29) is 29.6 Å². The molecule has 0 aliphatic rings. The van der Waals surface area contributed by atoms with E-state index in [1.807, 2.05) is 0 Å². The average Bonchev–Trinajstić information content (AvgIpc) is 2.35. The van der Waals surface area contributed by atoms with Crippen LogP contribution in [0.1, 0.15) is 12.7 Å². The summed E-state index contributed by atoms with van der Waals surface area (Å²) >= 11 is 1.08. The third kappa shape index (κ3) is 4.04. The van der Waals surface area contributed by atoms with Gasteiger partial charge in [0.2, 0.25) is 0 Å². The Kier molecular flexibility index (Phi) is 5.46. The molecule has 13 heavy (non-hydrogen) atoms. The molecule has 0 fully saturated rings. The van der Waals surface area contributed by atoms with Gasteiger partial charge in [0, 0.05) is 18.0 Å². The molecule has 1 aromatic rings. The fourth-order valence-electron chi connectivity index (χ4n) is 0.712. The average molecular weight is 211 g/mol. The number of nitrogen functional groups attached to an aromatic ring is 1. The van der Waals surface area contributed by atoms with Crippen molar-refractivity contribution in [3.63, 3.8) is 0 Å². The second-order valence-corrected chi connectivity index (χ2v) is 3.28. The van der Waals surface area contributed by atoms with E-state index >= 15 is 0 Å². The van der Waals surface area contributed by atoms with E-state index < -0.39 is 11.9 Å². The number of anilines is 1. The van der Waals surface area contributed by atoms with Crippen molar-refractivity contribution in [2.45, 2.75) is 13.3 Å². The fraction of sp³-hybridized carbons (Fsp3) is 0.500. The molecule has 0 saturated carbocycles. The van der Waals surface area contributed by atoms with Crippen molar-refractivity contribution >= 4 is 52.2 Å². The summed E-state index contributed by atoms with van der Waals surface area (Å²) in [5, 5.41) is 8.94. The number of nitrogens with zero attached hydrogens (tertiary/aromatic N) is 2. The Morgan fingerprint density at radius 3 is 2.77 bits per heavy atom. The van der Waals surface area contributed by atoms with E-state index in [1.165, 1.54) is 0 Å². The third-order valence-corrected chi connectivity index (χ3v) is 1.97. The molecule has 1 rings (SSSR count). The van der Waals surface area contributed by atoms with Gasteiger partial charge in [-0.15, -0.1) is 0 Å². The summed E-state index contributed by atoms with van der Waals surface area (Å²) < 4.78 is 3.88. The van der Waals surface area contributed by atoms with Crippen molar-refractivity contribution in [1.29, 1.82) is 0 Å². The van der Waals surface area contributed by atoms with Crippen molar-refractivity contribution in [3.8, 4) is 0 Å². The van der Waals surface area contributed by atoms with Gasteiger partial charge in [-0.3, -0.25) is 4.79 Å². The van der Waals surface area contributed by atoms with Crippen LogP contribution in [0.2, 0.25) is 0 Å². The molecule has 0 aliphatic heterocycles. The van der Waals surface area contributed by atoms with Crippen LogP contribution in [0, 0.1) is 5.92 Å². The molecule has 1 heterocycles. The first kappa shape index (κ1) is 12.8. The van der Waals surface area contributed by atoms with Crippen molar-refractivity contribution in [1.82, 2.24) is 9.36 Å². The Morgan fingerprint density at radius 1 is 1.77 bits per heavy atom. The van der Waals surface area contributed by atoms with Gasteiger partial charge in [0.25, 0.3) is 0 Å². The molecule has 0 spiro atoms. The van der Waals surface area contributed by atoms with Gasteiger partial charge in [-0.05, 0) is 0 Å². The molecule has 1 atom stereocenters. The Balaban J connectivity index is 0.00000144. The first-order chi connectivity index (χ1) is 5.59. The topological polar surface area (TPSA) is 89.1 Å². The molecule has 5 nitrogen and oxygen atoms in total. The van der Waals surface area contributed by atoms with Crippen LogP contribution < -0.4 is 5.73 Å². The van der Waals surface area contributed by atoms with Gasteiger partial charge in [-0.1, -0.05) is 6.92 Å². The number of rotatable bonds is 3. The van der Waals surface area contributed by atoms with Crippen LogP contribution in [-0.2, 0) is 11.2 Å². The van der Waals surface area contributed by atoms with Crippen LogP contribution in [0.3, 0.4) is 0 Å². The van der Waals surface area contributed by atoms with Crippen LogP contribution in [0.25, 0.3) is 0 Å². The summed E-state index contributed by atoms with van der Waals surface area (Å²) in [6, 6.07) is 0. The molecule has 3 N–H and O–H groups in total. The molecule has 0 aliphatic carbocycles. The predicted octanol–water partition coefficient (Wildman–Crippen LogP) is -0.265. The molecule has 0 radical (unpaired) electrons. The van der Waals surface area contributed by atoms with Gasteiger partial charge >= 0.3 is 35.5 Å². The quantitative estimate of drug-likeness (QED) is 0.672. The summed E-state index contributed by atoms with van der Waals surface area (Å²) in [5.74, 6) is -0.797. The summed E-state index contributed by atoms with van der Waals surface area (Å²) in [5.41, 5.74) is 5.33. The van der Waals surface area contributed by atoms with E-state index in [9.17, 15) is 4.79 Å². The third-order valence-electron chi connectivity index (χ3n) is 1.39. The molecule has 0 aromatic carbocycles. The molecule has 1 unspecified atom stereocenters. The number of hydrogen-bond acceptors (Lipinski definition) is 5. The number of aromatic nitrogens is 2. The van der Waals surface area contributed by atoms with E-state index in [0.29, 0.717) is 17.4 Å². The van der Waals surface area contributed by atoms with Gasteiger partial charge in [-0.25, -0.2) is 4.98 Å². The summed E-state index contributed by atoms with van der Waals surface area (Å²) in [7, 11) is 0. The van der Waals surface area contributed by atoms with E-state index in [2.05, 4.69) is 9.36 Å². The van der Waals surface area contributed by atoms with Crippen LogP contribution in [0.5, 0.6) is 0 Å². The number of carboxylic acid groups (broad SMARTS) is 1. The molecule has 0 amide bonds. The first-order valence-corrected chi connectivity index (χ1v) is 4.18. The normalized spacial score (nSPS) is 11.8. The maximum atomic E-state index is 10.4. The van der Waals surface area contributed by atoms with Gasteiger partial charge in [-0.2, -0.15) is 4.37 Å². The number of nitrogens with two attached hydrogens (primary N) is 1.